The SMILES string of the molecule is C[CH]C(=O)O[C@@H](C)C(=O)O[C@@H](C)C(=O)O[C@@H](C)C(=O)O[C@@H](C)C(=O)O[C@@H](C)C(=O)O[C@@H](C)C(=O)O[C@@H](C)C(=O)O[C@@H](C)C(=O)NS(=O)(=O)C1=C[C@H](NCC)C2=C(S1)S(=O)(=O)[C@@H](C)C2. The third kappa shape index (κ3) is 15.0. The predicted molar refractivity (Wildman–Crippen MR) is 215 cm³/mol. The molecule has 0 aromatic heterocycles. The molecule has 2 N–H and O–H groups in total. The lowest BCUT2D eigenvalue weighted by Gasteiger charge is -2.23. The lowest BCUT2D eigenvalue weighted by atomic mass is 10.0. The Balaban J connectivity index is 1.85. The number of sulfonamides is 1. The minimum absolute atomic E-state index is 0.121. The smallest absolute Gasteiger partial charge is 0.347 e. The number of amides is 1. The summed E-state index contributed by atoms with van der Waals surface area (Å²) in [5.74, 6) is -10.8. The molecule has 0 fully saturated rings. The Labute approximate surface area is 367 Å². The third-order valence-electron chi connectivity index (χ3n) is 8.62. The van der Waals surface area contributed by atoms with Gasteiger partial charge in [-0.1, -0.05) is 25.6 Å². The van der Waals surface area contributed by atoms with Gasteiger partial charge >= 0.3 is 47.8 Å². The summed E-state index contributed by atoms with van der Waals surface area (Å²) in [6.07, 6.45) is -10.6. The zero-order valence-corrected chi connectivity index (χ0v) is 38.6. The maximum Gasteiger partial charge on any atom is 0.347 e. The van der Waals surface area contributed by atoms with Crippen molar-refractivity contribution >= 4 is 85.3 Å². The maximum absolute atomic E-state index is 13.2. The number of rotatable bonds is 21. The second-order valence-electron chi connectivity index (χ2n) is 13.9. The number of carbonyl (C=O) groups is 9. The van der Waals surface area contributed by atoms with Crippen LogP contribution in [0.5, 0.6) is 0 Å². The molecule has 1 amide bonds. The number of thioether (sulfide) groups is 1. The highest BCUT2D eigenvalue weighted by Crippen LogP contribution is 2.48. The van der Waals surface area contributed by atoms with Gasteiger partial charge in [0.15, 0.2) is 58.7 Å². The molecule has 2 aliphatic rings. The van der Waals surface area contributed by atoms with Gasteiger partial charge in [-0.15, -0.1) is 0 Å². The molecule has 0 saturated carbocycles. The number of sulfone groups is 1. The summed E-state index contributed by atoms with van der Waals surface area (Å²) >= 11 is 0.482. The van der Waals surface area contributed by atoms with Crippen LogP contribution in [0, 0.1) is 6.42 Å². The number of hydrogen-bond acceptors (Lipinski definition) is 23. The molecule has 0 unspecified atom stereocenters. The van der Waals surface area contributed by atoms with E-state index >= 15 is 0 Å². The van der Waals surface area contributed by atoms with Gasteiger partial charge in [-0.05, 0) is 86.9 Å². The highest BCUT2D eigenvalue weighted by Gasteiger charge is 2.44. The van der Waals surface area contributed by atoms with E-state index in [0.717, 1.165) is 54.9 Å². The van der Waals surface area contributed by atoms with Crippen molar-refractivity contribution in [2.45, 2.75) is 143 Å². The first kappa shape index (κ1) is 54.1. The molecule has 1 radical (unpaired) electrons. The van der Waals surface area contributed by atoms with E-state index in [1.54, 1.807) is 11.6 Å². The van der Waals surface area contributed by atoms with Crippen LogP contribution < -0.4 is 10.0 Å². The number of nitrogens with one attached hydrogen (secondary N) is 2. The highest BCUT2D eigenvalue weighted by molar-refractivity contribution is 8.28. The lowest BCUT2D eigenvalue weighted by Crippen LogP contribution is -2.42. The molecule has 0 bridgehead atoms. The Hall–Kier alpha value is -5.08. The van der Waals surface area contributed by atoms with Gasteiger partial charge in [-0.25, -0.2) is 55.1 Å². The first-order chi connectivity index (χ1) is 29.1. The average Bonchev–Trinajstić information content (AvgIpc) is 3.43. The molecule has 0 aliphatic carbocycles. The highest BCUT2D eigenvalue weighted by atomic mass is 32.3. The minimum atomic E-state index is -4.66. The zero-order chi connectivity index (χ0) is 48.3. The second-order valence-corrected chi connectivity index (χ2v) is 19.4. The number of hydrogen-bond donors (Lipinski definition) is 2. The zero-order valence-electron chi connectivity index (χ0n) is 36.1. The lowest BCUT2D eigenvalue weighted by molar-refractivity contribution is -0.188. The molecule has 63 heavy (non-hydrogen) atoms. The standard InChI is InChI=1S/C37H51N2O21S3/c1-12-27(40)53-18(5)30(42)55-20(7)32(44)57-22(9)34(46)59-24(11)36(48)60-23(10)35(47)58-21(8)33(45)56-19(6)31(43)54-17(4)29(41)39-63(51,52)28-15-26(38-13-2)25-14-16(3)62(49,50)37(25)61-28/h12,15-24,26,38H,13-14H2,1-11H3,(H,39,41)/t16-,17-,18-,19-,20-,21-,22-,23-,24-,26-/m0/s1. The average molecular weight is 956 g/mol. The molecule has 0 saturated heterocycles. The van der Waals surface area contributed by atoms with Crippen molar-refractivity contribution in [2.24, 2.45) is 0 Å². The first-order valence-electron chi connectivity index (χ1n) is 19.2. The Morgan fingerprint density at radius 1 is 0.651 bits per heavy atom. The fraction of sp³-hybridized carbons (Fsp3) is 0.622. The van der Waals surface area contributed by atoms with Crippen molar-refractivity contribution in [1.29, 1.82) is 0 Å². The molecule has 353 valence electrons. The molecule has 26 heteroatoms. The molecule has 10 atom stereocenters. The molecule has 2 rings (SSSR count). The fourth-order valence-corrected chi connectivity index (χ4v) is 10.1. The van der Waals surface area contributed by atoms with Gasteiger partial charge in [-0.3, -0.25) is 9.59 Å². The van der Waals surface area contributed by atoms with Crippen LogP contribution in [0.25, 0.3) is 0 Å². The Morgan fingerprint density at radius 3 is 1.32 bits per heavy atom. The molecule has 0 spiro atoms. The summed E-state index contributed by atoms with van der Waals surface area (Å²) in [5.41, 5.74) is 0.508. The molecular weight excluding hydrogens is 905 g/mol. The number of esters is 8. The monoisotopic (exact) mass is 955 g/mol. The van der Waals surface area contributed by atoms with E-state index in [0.29, 0.717) is 23.9 Å². The van der Waals surface area contributed by atoms with Crippen LogP contribution in [-0.4, -0.2) is 137 Å². The summed E-state index contributed by atoms with van der Waals surface area (Å²) in [5, 5.41) is 2.24. The number of ether oxygens (including phenoxy) is 8. The normalized spacial score (nSPS) is 20.5. The van der Waals surface area contributed by atoms with E-state index in [1.807, 2.05) is 0 Å². The van der Waals surface area contributed by atoms with Gasteiger partial charge in [0.05, 0.1) is 17.7 Å². The van der Waals surface area contributed by atoms with Gasteiger partial charge in [0, 0.05) is 0 Å². The Bertz CT molecular complexity index is 2100. The van der Waals surface area contributed by atoms with Crippen LogP contribution in [-0.2, 0) is 101 Å². The van der Waals surface area contributed by atoms with Crippen molar-refractivity contribution in [3.05, 3.63) is 26.5 Å². The molecule has 23 nitrogen and oxygen atoms in total. The maximum atomic E-state index is 13.2. The molecule has 0 aromatic rings. The largest absolute Gasteiger partial charge is 0.450 e. The van der Waals surface area contributed by atoms with E-state index < -0.39 is 138 Å². The van der Waals surface area contributed by atoms with Gasteiger partial charge in [0.25, 0.3) is 15.9 Å². The minimum Gasteiger partial charge on any atom is -0.450 e. The van der Waals surface area contributed by atoms with Crippen LogP contribution in [0.4, 0.5) is 0 Å². The third-order valence-corrected chi connectivity index (χ3v) is 14.4. The Kier molecular flexibility index (Phi) is 19.8. The summed E-state index contributed by atoms with van der Waals surface area (Å²) in [6, 6.07) is -0.732. The summed E-state index contributed by atoms with van der Waals surface area (Å²) in [6.45, 7) is 13.6. The van der Waals surface area contributed by atoms with Gasteiger partial charge < -0.3 is 43.2 Å². The fourth-order valence-electron chi connectivity index (χ4n) is 4.94. The van der Waals surface area contributed by atoms with Gasteiger partial charge in [0.2, 0.25) is 0 Å². The van der Waals surface area contributed by atoms with Crippen molar-refractivity contribution in [3.63, 3.8) is 0 Å². The molecule has 0 aromatic carbocycles. The van der Waals surface area contributed by atoms with Crippen molar-refractivity contribution in [3.8, 4) is 0 Å². The van der Waals surface area contributed by atoms with E-state index in [4.69, 9.17) is 37.9 Å². The molecular formula is C37H51N2O21S3. The van der Waals surface area contributed by atoms with Gasteiger partial charge in [0.1, 0.15) is 8.47 Å². The molecule has 2 aliphatic heterocycles. The summed E-state index contributed by atoms with van der Waals surface area (Å²) < 4.78 is 92.4. The topological polar surface area (TPSA) is 320 Å². The quantitative estimate of drug-likeness (QED) is 0.114. The summed E-state index contributed by atoms with van der Waals surface area (Å²) in [4.78, 5) is 111. The van der Waals surface area contributed by atoms with E-state index in [2.05, 4.69) is 5.32 Å². The van der Waals surface area contributed by atoms with Crippen LogP contribution in [0.2, 0.25) is 0 Å². The molecule has 2 heterocycles. The Morgan fingerprint density at radius 2 is 0.984 bits per heavy atom. The summed E-state index contributed by atoms with van der Waals surface area (Å²) in [7, 11) is -8.47. The van der Waals surface area contributed by atoms with E-state index in [1.165, 1.54) is 26.8 Å². The van der Waals surface area contributed by atoms with Crippen molar-refractivity contribution in [1.82, 2.24) is 10.0 Å². The van der Waals surface area contributed by atoms with Crippen LogP contribution in [0.1, 0.15) is 82.6 Å². The van der Waals surface area contributed by atoms with Crippen LogP contribution >= 0.6 is 11.8 Å². The number of carbonyl (C=O) groups excluding carboxylic acids is 9. The van der Waals surface area contributed by atoms with E-state index in [9.17, 15) is 60.0 Å². The van der Waals surface area contributed by atoms with Crippen molar-refractivity contribution in [2.75, 3.05) is 6.54 Å². The second kappa shape index (κ2) is 23.0. The van der Waals surface area contributed by atoms with E-state index in [-0.39, 0.29) is 10.7 Å². The predicted octanol–water partition coefficient (Wildman–Crippen LogP) is 0.0951. The first-order valence-corrected chi connectivity index (χ1v) is 23.0. The van der Waals surface area contributed by atoms with Crippen LogP contribution in [0.3, 0.4) is 0 Å². The number of likely N-dealkylation sites (N-methyl/N-ethyl adjacent to an activating group) is 1. The van der Waals surface area contributed by atoms with Gasteiger partial charge in [-0.2, -0.15) is 0 Å². The van der Waals surface area contributed by atoms with Crippen molar-refractivity contribution < 1.29 is 97.9 Å². The van der Waals surface area contributed by atoms with Crippen LogP contribution in [0.15, 0.2) is 20.1 Å².